The summed E-state index contributed by atoms with van der Waals surface area (Å²) in [6, 6.07) is 5.84. The van der Waals surface area contributed by atoms with E-state index in [0.717, 1.165) is 19.2 Å². The summed E-state index contributed by atoms with van der Waals surface area (Å²) in [4.78, 5) is -1.09. The van der Waals surface area contributed by atoms with Crippen LogP contribution >= 0.6 is 0 Å². The van der Waals surface area contributed by atoms with Gasteiger partial charge in [0.25, 0.3) is 10.1 Å². The van der Waals surface area contributed by atoms with Crippen LogP contribution in [0.25, 0.3) is 0 Å². The van der Waals surface area contributed by atoms with E-state index in [9.17, 15) is 21.4 Å². The summed E-state index contributed by atoms with van der Waals surface area (Å²) in [6.07, 6.45) is 0. The number of azo groups is 1. The van der Waals surface area contributed by atoms with Gasteiger partial charge in [-0.3, -0.25) is 9.11 Å². The molecule has 0 saturated heterocycles. The fraction of sp³-hybridized carbons (Fsp3) is 0.143. The van der Waals surface area contributed by atoms with Gasteiger partial charge in [0.15, 0.2) is 16.3 Å². The van der Waals surface area contributed by atoms with Gasteiger partial charge in [0.05, 0.1) is 30.5 Å². The van der Waals surface area contributed by atoms with Crippen molar-refractivity contribution in [2.75, 3.05) is 20.0 Å². The zero-order valence-corrected chi connectivity index (χ0v) is 15.7. The van der Waals surface area contributed by atoms with Crippen LogP contribution in [0.3, 0.4) is 0 Å². The number of nitrogen functional groups attached to an aromatic ring is 1. The lowest BCUT2D eigenvalue weighted by Gasteiger charge is -2.14. The molecule has 2 aromatic rings. The van der Waals surface area contributed by atoms with Crippen LogP contribution in [0.5, 0.6) is 11.5 Å². The Balaban J connectivity index is 2.62. The average Bonchev–Trinajstić information content (AvgIpc) is 2.58. The lowest BCUT2D eigenvalue weighted by molar-refractivity contribution is 0.391. The van der Waals surface area contributed by atoms with Crippen molar-refractivity contribution in [1.29, 1.82) is 0 Å². The fourth-order valence-corrected chi connectivity index (χ4v) is 3.42. The zero-order chi connectivity index (χ0) is 20.4. The van der Waals surface area contributed by atoms with E-state index in [1.54, 1.807) is 0 Å². The normalized spacial score (nSPS) is 12.3. The van der Waals surface area contributed by atoms with E-state index >= 15 is 0 Å². The summed E-state index contributed by atoms with van der Waals surface area (Å²) >= 11 is 0. The van der Waals surface area contributed by atoms with Gasteiger partial charge in [0, 0.05) is 6.07 Å². The molecule has 0 heterocycles. The molecule has 0 radical (unpaired) electrons. The van der Waals surface area contributed by atoms with Gasteiger partial charge in [-0.1, -0.05) is 0 Å². The van der Waals surface area contributed by atoms with Crippen LogP contribution in [-0.2, 0) is 20.2 Å². The Hall–Kier alpha value is -2.74. The van der Waals surface area contributed by atoms with Crippen LogP contribution in [-0.4, -0.2) is 40.2 Å². The van der Waals surface area contributed by atoms with Gasteiger partial charge in [0.1, 0.15) is 5.75 Å². The molecule has 11 nitrogen and oxygen atoms in total. The molecule has 0 fully saturated rings. The third-order valence-electron chi connectivity index (χ3n) is 3.29. The topological polar surface area (TPSA) is 178 Å². The maximum atomic E-state index is 11.8. The second kappa shape index (κ2) is 7.48. The molecule has 0 aliphatic rings. The molecule has 146 valence electrons. The summed E-state index contributed by atoms with van der Waals surface area (Å²) < 4.78 is 74.1. The highest BCUT2D eigenvalue weighted by atomic mass is 32.2. The zero-order valence-electron chi connectivity index (χ0n) is 14.0. The third kappa shape index (κ3) is 4.51. The van der Waals surface area contributed by atoms with Crippen molar-refractivity contribution in [3.63, 3.8) is 0 Å². The van der Waals surface area contributed by atoms with Crippen LogP contribution in [0.15, 0.2) is 50.4 Å². The molecule has 0 saturated carbocycles. The largest absolute Gasteiger partial charge is 0.494 e. The van der Waals surface area contributed by atoms with E-state index in [2.05, 4.69) is 10.2 Å². The van der Waals surface area contributed by atoms with Gasteiger partial charge < -0.3 is 15.2 Å². The number of ether oxygens (including phenoxy) is 2. The van der Waals surface area contributed by atoms with E-state index < -0.39 is 25.1 Å². The van der Waals surface area contributed by atoms with Crippen LogP contribution < -0.4 is 15.2 Å². The summed E-state index contributed by atoms with van der Waals surface area (Å²) in [7, 11) is -6.80. The second-order valence-electron chi connectivity index (χ2n) is 5.02. The Morgan fingerprint density at radius 2 is 1.52 bits per heavy atom. The Labute approximate surface area is 154 Å². The van der Waals surface area contributed by atoms with Crippen molar-refractivity contribution in [2.45, 2.75) is 9.79 Å². The number of anilines is 1. The lowest BCUT2D eigenvalue weighted by atomic mass is 10.2. The number of methoxy groups -OCH3 is 2. The predicted octanol–water partition coefficient (Wildman–Crippen LogP) is 2.19. The first kappa shape index (κ1) is 20.6. The number of hydrogen-bond acceptors (Lipinski definition) is 9. The molecule has 2 aromatic carbocycles. The molecule has 0 aromatic heterocycles. The molecule has 4 N–H and O–H groups in total. The quantitative estimate of drug-likeness (QED) is 0.361. The van der Waals surface area contributed by atoms with Crippen molar-refractivity contribution in [2.24, 2.45) is 10.2 Å². The maximum absolute atomic E-state index is 11.8. The number of benzene rings is 2. The first-order valence-electron chi connectivity index (χ1n) is 7.00. The predicted molar refractivity (Wildman–Crippen MR) is 94.2 cm³/mol. The molecular weight excluding hydrogens is 402 g/mol. The van der Waals surface area contributed by atoms with Gasteiger partial charge >= 0.3 is 10.1 Å². The van der Waals surface area contributed by atoms with Gasteiger partial charge in [0.2, 0.25) is 0 Å². The number of nitrogens with two attached hydrogens (primary N) is 1. The standard InChI is InChI=1S/C14H15N3O8S2/c1-24-11-7-10(15)13(25-2)14(27(21,22)23)12(11)17-16-8-3-5-9(6-4-8)26(18,19)20/h3-7H,15H2,1-2H3,(H,18,19,20)(H,21,22,23). The van der Waals surface area contributed by atoms with Crippen LogP contribution in [0.2, 0.25) is 0 Å². The molecule has 0 atom stereocenters. The Bertz CT molecular complexity index is 1090. The maximum Gasteiger partial charge on any atom is 0.300 e. The van der Waals surface area contributed by atoms with E-state index in [1.165, 1.54) is 25.3 Å². The Kier molecular flexibility index (Phi) is 5.70. The molecule has 0 aliphatic carbocycles. The molecule has 2 rings (SSSR count). The lowest BCUT2D eigenvalue weighted by Crippen LogP contribution is -2.06. The van der Waals surface area contributed by atoms with Gasteiger partial charge in [-0.25, -0.2) is 0 Å². The minimum atomic E-state index is -4.81. The fourth-order valence-electron chi connectivity index (χ4n) is 2.12. The average molecular weight is 417 g/mol. The van der Waals surface area contributed by atoms with Crippen molar-refractivity contribution in [3.8, 4) is 11.5 Å². The van der Waals surface area contributed by atoms with Gasteiger partial charge in [-0.2, -0.15) is 21.9 Å². The third-order valence-corrected chi connectivity index (χ3v) is 5.05. The number of nitrogens with zero attached hydrogens (tertiary/aromatic N) is 2. The smallest absolute Gasteiger partial charge is 0.300 e. The molecule has 0 bridgehead atoms. The number of rotatable bonds is 6. The van der Waals surface area contributed by atoms with Crippen molar-refractivity contribution < 1.29 is 35.4 Å². The molecule has 27 heavy (non-hydrogen) atoms. The van der Waals surface area contributed by atoms with Crippen molar-refractivity contribution >= 4 is 37.3 Å². The van der Waals surface area contributed by atoms with Crippen molar-refractivity contribution in [1.82, 2.24) is 0 Å². The van der Waals surface area contributed by atoms with E-state index in [-0.39, 0.29) is 33.5 Å². The minimum absolute atomic E-state index is 0.0979. The second-order valence-corrected chi connectivity index (χ2v) is 7.80. The number of hydrogen-bond donors (Lipinski definition) is 3. The van der Waals surface area contributed by atoms with Crippen LogP contribution in [0.1, 0.15) is 0 Å². The highest BCUT2D eigenvalue weighted by Gasteiger charge is 2.28. The van der Waals surface area contributed by atoms with Gasteiger partial charge in [-0.15, -0.1) is 5.11 Å². The molecule has 0 spiro atoms. The summed E-state index contributed by atoms with van der Waals surface area (Å²) in [5.41, 5.74) is 5.35. The van der Waals surface area contributed by atoms with Gasteiger partial charge in [-0.05, 0) is 24.3 Å². The van der Waals surface area contributed by atoms with Crippen molar-refractivity contribution in [3.05, 3.63) is 30.3 Å². The first-order chi connectivity index (χ1) is 12.5. The Morgan fingerprint density at radius 3 is 1.96 bits per heavy atom. The molecule has 0 aliphatic heterocycles. The Morgan fingerprint density at radius 1 is 0.926 bits per heavy atom. The minimum Gasteiger partial charge on any atom is -0.494 e. The summed E-state index contributed by atoms with van der Waals surface area (Å²) in [5.74, 6) is -0.437. The molecule has 13 heteroatoms. The summed E-state index contributed by atoms with van der Waals surface area (Å²) in [6.45, 7) is 0. The van der Waals surface area contributed by atoms with E-state index in [0.29, 0.717) is 0 Å². The highest BCUT2D eigenvalue weighted by Crippen LogP contribution is 2.45. The highest BCUT2D eigenvalue weighted by molar-refractivity contribution is 7.86. The SMILES string of the molecule is COc1cc(N)c(OC)c(S(=O)(=O)O)c1N=Nc1ccc(S(=O)(=O)O)cc1. The molecular formula is C14H15N3O8S2. The molecule has 0 unspecified atom stereocenters. The van der Waals surface area contributed by atoms with Crippen LogP contribution in [0.4, 0.5) is 17.1 Å². The van der Waals surface area contributed by atoms with E-state index in [1.807, 2.05) is 0 Å². The van der Waals surface area contributed by atoms with E-state index in [4.69, 9.17) is 19.8 Å². The first-order valence-corrected chi connectivity index (χ1v) is 9.88. The monoisotopic (exact) mass is 417 g/mol. The summed E-state index contributed by atoms with van der Waals surface area (Å²) in [5, 5.41) is 7.55. The van der Waals surface area contributed by atoms with Crippen LogP contribution in [0, 0.1) is 0 Å². The molecule has 0 amide bonds.